The van der Waals surface area contributed by atoms with Crippen LogP contribution >= 0.6 is 0 Å². The molecule has 230 valence electrons. The van der Waals surface area contributed by atoms with Crippen LogP contribution in [0.25, 0.3) is 61.7 Å². The molecule has 0 saturated carbocycles. The van der Waals surface area contributed by atoms with E-state index in [1.54, 1.807) is 18.2 Å². The van der Waals surface area contributed by atoms with Crippen molar-refractivity contribution in [1.82, 2.24) is 9.97 Å². The van der Waals surface area contributed by atoms with Gasteiger partial charge in [0.25, 0.3) is 5.92 Å². The maximum absolute atomic E-state index is 15.6. The summed E-state index contributed by atoms with van der Waals surface area (Å²) in [6.45, 7) is 2.22. The van der Waals surface area contributed by atoms with Crippen molar-refractivity contribution in [1.29, 1.82) is 0 Å². The highest BCUT2D eigenvalue weighted by Crippen LogP contribution is 2.52. The van der Waals surface area contributed by atoms with Crippen molar-refractivity contribution in [3.63, 3.8) is 0 Å². The summed E-state index contributed by atoms with van der Waals surface area (Å²) < 4.78 is 31.1. The number of fused-ring (bicyclic) bond motifs is 5. The Morgan fingerprint density at radius 2 is 1.27 bits per heavy atom. The molecule has 6 aromatic carbocycles. The van der Waals surface area contributed by atoms with Crippen LogP contribution in [0, 0.1) is 0 Å². The molecular weight excluding hydrogens is 594 g/mol. The van der Waals surface area contributed by atoms with E-state index in [4.69, 9.17) is 9.97 Å². The van der Waals surface area contributed by atoms with Crippen LogP contribution in [0.2, 0.25) is 0 Å². The van der Waals surface area contributed by atoms with E-state index in [0.717, 1.165) is 50.2 Å². The molecule has 2 nitrogen and oxygen atoms in total. The molecule has 48 heavy (non-hydrogen) atoms. The Morgan fingerprint density at radius 3 is 2.15 bits per heavy atom. The standard InChI is InChI=1S/C44H30F2N2/c1-43(41-26-40(47-42(48-41)30-10-3-2-4-11-30)34-18-16-28-9-5-6-12-31(28)23-34)22-21-29-15-17-32(24-35(29)27-43)33-19-20-37-36-13-7-8-14-38(36)44(45,46)39(37)25-33/h2-26H,27H2,1H3. The van der Waals surface area contributed by atoms with Gasteiger partial charge in [0.15, 0.2) is 5.82 Å². The first-order valence-corrected chi connectivity index (χ1v) is 16.2. The lowest BCUT2D eigenvalue weighted by molar-refractivity contribution is 0.0480. The number of aromatic nitrogens is 2. The molecule has 1 heterocycles. The summed E-state index contributed by atoms with van der Waals surface area (Å²) >= 11 is 0. The van der Waals surface area contributed by atoms with Gasteiger partial charge < -0.3 is 0 Å². The second kappa shape index (κ2) is 10.6. The Kier molecular flexibility index (Phi) is 6.32. The molecule has 7 aromatic rings. The van der Waals surface area contributed by atoms with Gasteiger partial charge in [-0.05, 0) is 68.8 Å². The first-order valence-electron chi connectivity index (χ1n) is 16.2. The first-order chi connectivity index (χ1) is 23.4. The molecule has 0 aliphatic heterocycles. The molecule has 0 amide bonds. The van der Waals surface area contributed by atoms with Crippen LogP contribution in [-0.2, 0) is 17.8 Å². The van der Waals surface area contributed by atoms with Gasteiger partial charge in [-0.15, -0.1) is 0 Å². The molecule has 0 N–H and O–H groups in total. The van der Waals surface area contributed by atoms with Gasteiger partial charge >= 0.3 is 0 Å². The Bertz CT molecular complexity index is 2430. The third-order valence-corrected chi connectivity index (χ3v) is 9.97. The van der Waals surface area contributed by atoms with Crippen molar-refractivity contribution in [2.75, 3.05) is 0 Å². The summed E-state index contributed by atoms with van der Waals surface area (Å²) in [6, 6.07) is 45.6. The summed E-state index contributed by atoms with van der Waals surface area (Å²) in [5, 5.41) is 2.35. The van der Waals surface area contributed by atoms with E-state index in [9.17, 15) is 0 Å². The topological polar surface area (TPSA) is 25.8 Å². The number of hydrogen-bond donors (Lipinski definition) is 0. The van der Waals surface area contributed by atoms with E-state index >= 15 is 8.78 Å². The van der Waals surface area contributed by atoms with Crippen molar-refractivity contribution in [3.05, 3.63) is 174 Å². The molecule has 0 bridgehead atoms. The minimum absolute atomic E-state index is 0.0688. The van der Waals surface area contributed by atoms with Crippen molar-refractivity contribution < 1.29 is 8.78 Å². The number of allylic oxidation sites excluding steroid dienone is 1. The number of rotatable bonds is 4. The van der Waals surface area contributed by atoms with E-state index in [1.807, 2.05) is 54.6 Å². The van der Waals surface area contributed by atoms with Crippen molar-refractivity contribution in [2.45, 2.75) is 24.7 Å². The van der Waals surface area contributed by atoms with Crippen LogP contribution in [0.4, 0.5) is 8.78 Å². The Balaban J connectivity index is 1.11. The molecule has 4 heteroatoms. The van der Waals surface area contributed by atoms with Crippen molar-refractivity contribution in [3.8, 4) is 44.9 Å². The highest BCUT2D eigenvalue weighted by Gasteiger charge is 2.44. The van der Waals surface area contributed by atoms with E-state index < -0.39 is 11.3 Å². The van der Waals surface area contributed by atoms with Gasteiger partial charge in [-0.2, -0.15) is 8.78 Å². The molecule has 0 radical (unpaired) electrons. The van der Waals surface area contributed by atoms with Gasteiger partial charge in [0.1, 0.15) is 0 Å². The van der Waals surface area contributed by atoms with Crippen LogP contribution in [0.15, 0.2) is 146 Å². The second-order valence-corrected chi connectivity index (χ2v) is 13.1. The molecule has 0 spiro atoms. The van der Waals surface area contributed by atoms with Crippen LogP contribution in [0.1, 0.15) is 34.9 Å². The largest absolute Gasteiger partial charge is 0.299 e. The highest BCUT2D eigenvalue weighted by molar-refractivity contribution is 5.87. The maximum atomic E-state index is 15.6. The predicted octanol–water partition coefficient (Wildman–Crippen LogP) is 11.3. The first kappa shape index (κ1) is 28.5. The van der Waals surface area contributed by atoms with E-state index in [1.165, 1.54) is 11.5 Å². The zero-order chi connectivity index (χ0) is 32.5. The zero-order valence-corrected chi connectivity index (χ0v) is 26.3. The SMILES string of the molecule is CC1(c2cc(-c3ccc4ccccc4c3)nc(-c3ccccc3)n2)C=Cc2ccc(-c3ccc4c(c3)C(F)(F)c3ccccc3-4)cc2C1. The van der Waals surface area contributed by atoms with Crippen LogP contribution in [0.5, 0.6) is 0 Å². The minimum atomic E-state index is -3.02. The molecule has 0 saturated heterocycles. The molecular formula is C44H30F2N2. The fraction of sp³-hybridized carbons (Fsp3) is 0.0909. The summed E-state index contributed by atoms with van der Waals surface area (Å²) in [4.78, 5) is 10.2. The predicted molar refractivity (Wildman–Crippen MR) is 191 cm³/mol. The highest BCUT2D eigenvalue weighted by atomic mass is 19.3. The van der Waals surface area contributed by atoms with E-state index in [-0.39, 0.29) is 11.1 Å². The summed E-state index contributed by atoms with van der Waals surface area (Å²) in [5.41, 5.74) is 8.73. The van der Waals surface area contributed by atoms with Gasteiger partial charge in [-0.25, -0.2) is 9.97 Å². The monoisotopic (exact) mass is 624 g/mol. The fourth-order valence-electron chi connectivity index (χ4n) is 7.31. The van der Waals surface area contributed by atoms with Gasteiger partial charge in [0.05, 0.1) is 11.4 Å². The van der Waals surface area contributed by atoms with Crippen LogP contribution in [0.3, 0.4) is 0 Å². The van der Waals surface area contributed by atoms with Gasteiger partial charge in [0, 0.05) is 27.7 Å². The zero-order valence-electron chi connectivity index (χ0n) is 26.3. The second-order valence-electron chi connectivity index (χ2n) is 13.1. The molecule has 1 unspecified atom stereocenters. The number of hydrogen-bond acceptors (Lipinski definition) is 2. The smallest absolute Gasteiger partial charge is 0.232 e. The van der Waals surface area contributed by atoms with Gasteiger partial charge in [-0.3, -0.25) is 0 Å². The quantitative estimate of drug-likeness (QED) is 0.195. The number of halogens is 2. The molecule has 0 fully saturated rings. The molecule has 9 rings (SSSR count). The minimum Gasteiger partial charge on any atom is -0.232 e. The fourth-order valence-corrected chi connectivity index (χ4v) is 7.31. The average Bonchev–Trinajstić information content (AvgIpc) is 3.37. The van der Waals surface area contributed by atoms with Crippen molar-refractivity contribution in [2.24, 2.45) is 0 Å². The lowest BCUT2D eigenvalue weighted by Crippen LogP contribution is -2.27. The van der Waals surface area contributed by atoms with Gasteiger partial charge in [-0.1, -0.05) is 140 Å². The Hall–Kier alpha value is -5.74. The van der Waals surface area contributed by atoms with Gasteiger partial charge in [0.2, 0.25) is 0 Å². The lowest BCUT2D eigenvalue weighted by Gasteiger charge is -2.31. The third-order valence-electron chi connectivity index (χ3n) is 9.97. The van der Waals surface area contributed by atoms with Crippen LogP contribution < -0.4 is 0 Å². The summed E-state index contributed by atoms with van der Waals surface area (Å²) in [6.07, 6.45) is 5.11. The van der Waals surface area contributed by atoms with Crippen LogP contribution in [-0.4, -0.2) is 9.97 Å². The number of benzene rings is 6. The molecule has 1 atom stereocenters. The summed E-state index contributed by atoms with van der Waals surface area (Å²) in [5.74, 6) is -2.34. The Morgan fingerprint density at radius 1 is 0.562 bits per heavy atom. The molecule has 2 aliphatic rings. The number of alkyl halides is 2. The van der Waals surface area contributed by atoms with E-state index in [2.05, 4.69) is 79.7 Å². The third kappa shape index (κ3) is 4.59. The Labute approximate surface area is 278 Å². The lowest BCUT2D eigenvalue weighted by atomic mass is 9.74. The average molecular weight is 625 g/mol. The van der Waals surface area contributed by atoms with Crippen molar-refractivity contribution >= 4 is 16.8 Å². The normalized spacial score (nSPS) is 17.1. The maximum Gasteiger partial charge on any atom is 0.299 e. The number of nitrogens with zero attached hydrogens (tertiary/aromatic N) is 2. The molecule has 2 aliphatic carbocycles. The van der Waals surface area contributed by atoms with E-state index in [0.29, 0.717) is 23.4 Å². The molecule has 1 aromatic heterocycles. The summed E-state index contributed by atoms with van der Waals surface area (Å²) in [7, 11) is 0.